The van der Waals surface area contributed by atoms with Gasteiger partial charge < -0.3 is 15.4 Å². The highest BCUT2D eigenvalue weighted by Crippen LogP contribution is 2.25. The summed E-state index contributed by atoms with van der Waals surface area (Å²) in [7, 11) is 0. The fourth-order valence-electron chi connectivity index (χ4n) is 1.97. The van der Waals surface area contributed by atoms with E-state index in [0.29, 0.717) is 16.4 Å². The lowest BCUT2D eigenvalue weighted by Gasteiger charge is -2.08. The standard InChI is InChI=1S/C18H15Br2ClN2O4/c19-11-1-4-13(5-2-11)22-16(24)7-8-18(26)27-10-17(25)23-15-6-3-12(20)9-14(15)21/h1-6,9H,7-8,10H2,(H,22,24)(H,23,25). The molecule has 0 spiro atoms. The molecular weight excluding hydrogens is 503 g/mol. The van der Waals surface area contributed by atoms with E-state index in [9.17, 15) is 14.4 Å². The van der Waals surface area contributed by atoms with Gasteiger partial charge in [0.25, 0.3) is 5.91 Å². The van der Waals surface area contributed by atoms with Gasteiger partial charge in [0, 0.05) is 21.1 Å². The van der Waals surface area contributed by atoms with E-state index in [1.807, 2.05) is 0 Å². The number of nitrogens with one attached hydrogen (secondary N) is 2. The lowest BCUT2D eigenvalue weighted by Crippen LogP contribution is -2.22. The van der Waals surface area contributed by atoms with Crippen molar-refractivity contribution in [3.8, 4) is 0 Å². The van der Waals surface area contributed by atoms with Crippen LogP contribution >= 0.6 is 43.5 Å². The van der Waals surface area contributed by atoms with Crippen molar-refractivity contribution in [1.82, 2.24) is 0 Å². The second-order valence-corrected chi connectivity index (χ2v) is 7.63. The number of halogens is 3. The van der Waals surface area contributed by atoms with Gasteiger partial charge in [0.2, 0.25) is 5.91 Å². The number of hydrogen-bond acceptors (Lipinski definition) is 4. The van der Waals surface area contributed by atoms with Gasteiger partial charge in [-0.3, -0.25) is 14.4 Å². The first-order valence-corrected chi connectivity index (χ1v) is 9.76. The molecular formula is C18H15Br2ClN2O4. The Morgan fingerprint density at radius 1 is 0.889 bits per heavy atom. The quantitative estimate of drug-likeness (QED) is 0.518. The first-order valence-electron chi connectivity index (χ1n) is 7.79. The molecule has 0 fully saturated rings. The van der Waals surface area contributed by atoms with Crippen LogP contribution in [0.4, 0.5) is 11.4 Å². The van der Waals surface area contributed by atoms with E-state index in [-0.39, 0.29) is 18.7 Å². The van der Waals surface area contributed by atoms with E-state index in [1.54, 1.807) is 42.5 Å². The summed E-state index contributed by atoms with van der Waals surface area (Å²) < 4.78 is 6.54. The number of benzene rings is 2. The number of anilines is 2. The summed E-state index contributed by atoms with van der Waals surface area (Å²) >= 11 is 12.6. The van der Waals surface area contributed by atoms with Crippen LogP contribution in [0, 0.1) is 0 Å². The maximum Gasteiger partial charge on any atom is 0.306 e. The van der Waals surface area contributed by atoms with E-state index >= 15 is 0 Å². The summed E-state index contributed by atoms with van der Waals surface area (Å²) in [5.41, 5.74) is 1.04. The predicted octanol–water partition coefficient (Wildman–Crippen LogP) is 4.77. The molecule has 0 aromatic heterocycles. The molecule has 0 saturated heterocycles. The number of ether oxygens (including phenoxy) is 1. The maximum absolute atomic E-state index is 11.8. The van der Waals surface area contributed by atoms with Gasteiger partial charge in [-0.1, -0.05) is 43.5 Å². The molecule has 2 aromatic rings. The second-order valence-electron chi connectivity index (χ2n) is 5.39. The summed E-state index contributed by atoms with van der Waals surface area (Å²) in [6.07, 6.45) is -0.177. The van der Waals surface area contributed by atoms with Crippen molar-refractivity contribution in [2.75, 3.05) is 17.2 Å². The van der Waals surface area contributed by atoms with Crippen LogP contribution in [0.15, 0.2) is 51.4 Å². The Kier molecular flexibility index (Phi) is 8.27. The Labute approximate surface area is 177 Å². The largest absolute Gasteiger partial charge is 0.456 e. The van der Waals surface area contributed by atoms with E-state index in [0.717, 1.165) is 8.95 Å². The number of amides is 2. The van der Waals surface area contributed by atoms with Crippen molar-refractivity contribution in [2.45, 2.75) is 12.8 Å². The molecule has 2 aromatic carbocycles. The fourth-order valence-corrected chi connectivity index (χ4v) is 2.95. The Balaban J connectivity index is 1.69. The molecule has 27 heavy (non-hydrogen) atoms. The highest BCUT2D eigenvalue weighted by Gasteiger charge is 2.12. The van der Waals surface area contributed by atoms with E-state index in [4.69, 9.17) is 16.3 Å². The van der Waals surface area contributed by atoms with Gasteiger partial charge in [0.15, 0.2) is 6.61 Å². The van der Waals surface area contributed by atoms with E-state index in [2.05, 4.69) is 42.5 Å². The zero-order valence-corrected chi connectivity index (χ0v) is 17.9. The molecule has 6 nitrogen and oxygen atoms in total. The first-order chi connectivity index (χ1) is 12.8. The number of esters is 1. The number of carbonyl (C=O) groups is 3. The van der Waals surface area contributed by atoms with Crippen LogP contribution in [0.25, 0.3) is 0 Å². The van der Waals surface area contributed by atoms with Crippen molar-refractivity contribution >= 4 is 72.6 Å². The minimum Gasteiger partial charge on any atom is -0.456 e. The van der Waals surface area contributed by atoms with Crippen LogP contribution in [0.3, 0.4) is 0 Å². The second kappa shape index (κ2) is 10.4. The fraction of sp³-hybridized carbons (Fsp3) is 0.167. The minimum absolute atomic E-state index is 0.0466. The van der Waals surface area contributed by atoms with Crippen molar-refractivity contribution in [2.24, 2.45) is 0 Å². The van der Waals surface area contributed by atoms with Crippen molar-refractivity contribution < 1.29 is 19.1 Å². The van der Waals surface area contributed by atoms with Crippen molar-refractivity contribution in [3.05, 3.63) is 56.4 Å². The third-order valence-corrected chi connectivity index (χ3v) is 4.59. The summed E-state index contributed by atoms with van der Waals surface area (Å²) in [6.45, 7) is -0.459. The zero-order chi connectivity index (χ0) is 19.8. The lowest BCUT2D eigenvalue weighted by molar-refractivity contribution is -0.147. The van der Waals surface area contributed by atoms with Gasteiger partial charge in [-0.05, 0) is 42.5 Å². The van der Waals surface area contributed by atoms with Crippen molar-refractivity contribution in [3.63, 3.8) is 0 Å². The van der Waals surface area contributed by atoms with Crippen LogP contribution in [-0.2, 0) is 19.1 Å². The van der Waals surface area contributed by atoms with Crippen LogP contribution in [-0.4, -0.2) is 24.4 Å². The summed E-state index contributed by atoms with van der Waals surface area (Å²) in [5, 5.41) is 5.57. The molecule has 9 heteroatoms. The summed E-state index contributed by atoms with van der Waals surface area (Å²) in [6, 6.07) is 12.0. The number of hydrogen-bond donors (Lipinski definition) is 2. The molecule has 0 heterocycles. The normalized spacial score (nSPS) is 10.2. The summed E-state index contributed by atoms with van der Waals surface area (Å²) in [4.78, 5) is 35.3. The number of rotatable bonds is 7. The molecule has 0 radical (unpaired) electrons. The molecule has 0 aliphatic carbocycles. The molecule has 2 rings (SSSR count). The highest BCUT2D eigenvalue weighted by molar-refractivity contribution is 9.10. The predicted molar refractivity (Wildman–Crippen MR) is 111 cm³/mol. The molecule has 2 N–H and O–H groups in total. The van der Waals surface area contributed by atoms with Gasteiger partial charge in [-0.15, -0.1) is 0 Å². The molecule has 0 saturated carbocycles. The molecule has 142 valence electrons. The third kappa shape index (κ3) is 7.70. The van der Waals surface area contributed by atoms with Crippen LogP contribution in [0.1, 0.15) is 12.8 Å². The van der Waals surface area contributed by atoms with Gasteiger partial charge in [0.1, 0.15) is 0 Å². The lowest BCUT2D eigenvalue weighted by atomic mass is 10.2. The Bertz CT molecular complexity index is 844. The van der Waals surface area contributed by atoms with Gasteiger partial charge in [-0.25, -0.2) is 0 Å². The molecule has 0 atom stereocenters. The van der Waals surface area contributed by atoms with E-state index in [1.165, 1.54) is 0 Å². The maximum atomic E-state index is 11.8. The molecule has 0 aliphatic rings. The SMILES string of the molecule is O=C(CCC(=O)OCC(=O)Nc1ccc(Br)cc1Cl)Nc1ccc(Br)cc1. The highest BCUT2D eigenvalue weighted by atomic mass is 79.9. The minimum atomic E-state index is -0.641. The average Bonchev–Trinajstić information content (AvgIpc) is 2.62. The molecule has 0 bridgehead atoms. The van der Waals surface area contributed by atoms with E-state index < -0.39 is 18.5 Å². The van der Waals surface area contributed by atoms with Crippen LogP contribution < -0.4 is 10.6 Å². The van der Waals surface area contributed by atoms with Crippen LogP contribution in [0.5, 0.6) is 0 Å². The molecule has 2 amide bonds. The third-order valence-electron chi connectivity index (χ3n) is 3.25. The monoisotopic (exact) mass is 516 g/mol. The molecule has 0 aliphatic heterocycles. The van der Waals surface area contributed by atoms with Gasteiger partial charge in [-0.2, -0.15) is 0 Å². The topological polar surface area (TPSA) is 84.5 Å². The number of carbonyl (C=O) groups excluding carboxylic acids is 3. The first kappa shape index (κ1) is 21.4. The van der Waals surface area contributed by atoms with Gasteiger partial charge >= 0.3 is 5.97 Å². The smallest absolute Gasteiger partial charge is 0.306 e. The Morgan fingerprint density at radius 3 is 2.22 bits per heavy atom. The Morgan fingerprint density at radius 2 is 1.56 bits per heavy atom. The van der Waals surface area contributed by atoms with Crippen molar-refractivity contribution in [1.29, 1.82) is 0 Å². The average molecular weight is 519 g/mol. The molecule has 0 unspecified atom stereocenters. The summed E-state index contributed by atoms with van der Waals surface area (Å²) in [5.74, 6) is -1.48. The Hall–Kier alpha value is -1.90. The van der Waals surface area contributed by atoms with Crippen LogP contribution in [0.2, 0.25) is 5.02 Å². The van der Waals surface area contributed by atoms with Gasteiger partial charge in [0.05, 0.1) is 17.1 Å². The zero-order valence-electron chi connectivity index (χ0n) is 13.9.